The molecule has 0 bridgehead atoms. The Bertz CT molecular complexity index is 1240. The average Bonchev–Trinajstić information content (AvgIpc) is 2.99. The van der Waals surface area contributed by atoms with Gasteiger partial charge in [0.1, 0.15) is 5.75 Å². The minimum atomic E-state index is -0.819. The lowest BCUT2D eigenvalue weighted by atomic mass is 9.83. The van der Waals surface area contributed by atoms with E-state index in [4.69, 9.17) is 4.74 Å². The summed E-state index contributed by atoms with van der Waals surface area (Å²) in [4.78, 5) is 17.5. The summed E-state index contributed by atoms with van der Waals surface area (Å²) in [6, 6.07) is 25.1. The fraction of sp³-hybridized carbons (Fsp3) is 0.441. The first-order valence-electron chi connectivity index (χ1n) is 14.7. The second-order valence-electron chi connectivity index (χ2n) is 11.6. The molecule has 6 nitrogen and oxygen atoms in total. The predicted molar refractivity (Wildman–Crippen MR) is 157 cm³/mol. The highest BCUT2D eigenvalue weighted by Crippen LogP contribution is 2.35. The van der Waals surface area contributed by atoms with Crippen LogP contribution in [0.25, 0.3) is 0 Å². The number of ether oxygens (including phenoxy) is 1. The smallest absolute Gasteiger partial charge is 0.343 e. The lowest BCUT2D eigenvalue weighted by Gasteiger charge is -2.42. The Morgan fingerprint density at radius 2 is 1.62 bits per heavy atom. The Balaban J connectivity index is 1.13. The van der Waals surface area contributed by atoms with Crippen molar-refractivity contribution >= 4 is 5.97 Å². The first-order valence-corrected chi connectivity index (χ1v) is 14.7. The molecule has 2 aliphatic rings. The molecule has 0 aromatic heterocycles. The number of hydrogen-bond donors (Lipinski definition) is 2. The van der Waals surface area contributed by atoms with E-state index in [0.717, 1.165) is 24.2 Å². The van der Waals surface area contributed by atoms with Crippen LogP contribution in [0.1, 0.15) is 79.1 Å². The number of benzene rings is 3. The fourth-order valence-corrected chi connectivity index (χ4v) is 6.09. The van der Waals surface area contributed by atoms with Crippen molar-refractivity contribution in [3.05, 3.63) is 101 Å². The number of carbonyl (C=O) groups is 1. The first-order chi connectivity index (χ1) is 19.3. The van der Waals surface area contributed by atoms with Gasteiger partial charge in [0.25, 0.3) is 0 Å². The van der Waals surface area contributed by atoms with E-state index in [2.05, 4.69) is 16.7 Å². The molecule has 2 heterocycles. The number of aliphatic hydroxyl groups excluding tert-OH is 1. The molecule has 3 atom stereocenters. The van der Waals surface area contributed by atoms with Gasteiger partial charge in [0.15, 0.2) is 0 Å². The van der Waals surface area contributed by atoms with E-state index in [1.165, 1.54) is 24.8 Å². The van der Waals surface area contributed by atoms with Crippen LogP contribution in [0.5, 0.6) is 5.75 Å². The summed E-state index contributed by atoms with van der Waals surface area (Å²) in [6.45, 7) is 7.75. The van der Waals surface area contributed by atoms with Crippen molar-refractivity contribution in [2.24, 2.45) is 0 Å². The van der Waals surface area contributed by atoms with Crippen LogP contribution in [0, 0.1) is 0 Å². The molecule has 212 valence electrons. The predicted octanol–water partition coefficient (Wildman–Crippen LogP) is 5.69. The third-order valence-electron chi connectivity index (χ3n) is 8.92. The van der Waals surface area contributed by atoms with Gasteiger partial charge >= 0.3 is 5.97 Å². The first kappa shape index (κ1) is 28.5. The number of nitrogens with zero attached hydrogens (tertiary/aromatic N) is 2. The van der Waals surface area contributed by atoms with Crippen LogP contribution in [0.2, 0.25) is 0 Å². The Kier molecular flexibility index (Phi) is 9.01. The van der Waals surface area contributed by atoms with Gasteiger partial charge in [-0.05, 0) is 87.0 Å². The lowest BCUT2D eigenvalue weighted by Crippen LogP contribution is -2.47. The Labute approximate surface area is 238 Å². The normalized spacial score (nSPS) is 21.4. The van der Waals surface area contributed by atoms with Gasteiger partial charge < -0.3 is 14.9 Å². The van der Waals surface area contributed by atoms with Crippen molar-refractivity contribution < 1.29 is 19.7 Å². The highest BCUT2D eigenvalue weighted by Gasteiger charge is 2.36. The van der Waals surface area contributed by atoms with Crippen molar-refractivity contribution in [1.82, 2.24) is 9.80 Å². The van der Waals surface area contributed by atoms with E-state index in [9.17, 15) is 15.0 Å². The monoisotopic (exact) mass is 542 g/mol. The van der Waals surface area contributed by atoms with Gasteiger partial charge in [-0.2, -0.15) is 0 Å². The van der Waals surface area contributed by atoms with Crippen molar-refractivity contribution in [3.63, 3.8) is 0 Å². The maximum Gasteiger partial charge on any atom is 0.343 e. The van der Waals surface area contributed by atoms with E-state index < -0.39 is 17.7 Å². The molecule has 0 radical (unpaired) electrons. The molecular weight excluding hydrogens is 500 g/mol. The van der Waals surface area contributed by atoms with Gasteiger partial charge in [0.2, 0.25) is 0 Å². The highest BCUT2D eigenvalue weighted by atomic mass is 16.5. The summed E-state index contributed by atoms with van der Waals surface area (Å²) in [5.74, 6) is 0.0597. The minimum Gasteiger partial charge on any atom is -0.423 e. The maximum atomic E-state index is 12.7. The molecule has 0 saturated carbocycles. The van der Waals surface area contributed by atoms with Crippen molar-refractivity contribution in [3.8, 4) is 5.75 Å². The second kappa shape index (κ2) is 12.6. The van der Waals surface area contributed by atoms with E-state index in [0.29, 0.717) is 43.3 Å². The van der Waals surface area contributed by atoms with Crippen LogP contribution in [0.4, 0.5) is 0 Å². The molecule has 2 aliphatic heterocycles. The third-order valence-corrected chi connectivity index (χ3v) is 8.92. The maximum absolute atomic E-state index is 12.7. The van der Waals surface area contributed by atoms with Gasteiger partial charge in [-0.3, -0.25) is 9.80 Å². The van der Waals surface area contributed by atoms with Crippen LogP contribution < -0.4 is 4.74 Å². The minimum absolute atomic E-state index is 0.111. The summed E-state index contributed by atoms with van der Waals surface area (Å²) in [7, 11) is 0. The Hall–Kier alpha value is -3.03. The highest BCUT2D eigenvalue weighted by molar-refractivity contribution is 5.91. The molecular formula is C34H42N2O4. The lowest BCUT2D eigenvalue weighted by molar-refractivity contribution is -0.0501. The summed E-state index contributed by atoms with van der Waals surface area (Å²) in [5.41, 5.74) is 2.63. The topological polar surface area (TPSA) is 73.2 Å². The van der Waals surface area contributed by atoms with Crippen molar-refractivity contribution in [2.45, 2.75) is 76.3 Å². The summed E-state index contributed by atoms with van der Waals surface area (Å²) >= 11 is 0. The van der Waals surface area contributed by atoms with Gasteiger partial charge in [0, 0.05) is 31.7 Å². The number of aliphatic hydroxyl groups is 2. The molecule has 2 N–H and O–H groups in total. The second-order valence-corrected chi connectivity index (χ2v) is 11.6. The zero-order valence-corrected chi connectivity index (χ0v) is 23.7. The standard InChI is InChI=1S/C34H42N2O4/c1-25-8-6-7-21-36(25)24-27-11-13-29(14-12-27)33(38)40-31-17-15-28(16-18-31)32(37)26(2)35-22-19-34(39,20-23-35)30-9-4-3-5-10-30/h3-5,9-18,25-26,32,37,39H,6-8,19-24H2,1-2H3/t25?,26-,32-/m0/s1. The van der Waals surface area contributed by atoms with Gasteiger partial charge in [-0.15, -0.1) is 0 Å². The largest absolute Gasteiger partial charge is 0.423 e. The van der Waals surface area contributed by atoms with E-state index in [1.54, 1.807) is 12.1 Å². The molecule has 0 aliphatic carbocycles. The van der Waals surface area contributed by atoms with E-state index in [1.807, 2.05) is 73.7 Å². The molecule has 3 aromatic carbocycles. The number of hydrogen-bond acceptors (Lipinski definition) is 6. The van der Waals surface area contributed by atoms with Crippen LogP contribution in [-0.4, -0.2) is 57.7 Å². The third kappa shape index (κ3) is 6.64. The van der Waals surface area contributed by atoms with Gasteiger partial charge in [-0.25, -0.2) is 4.79 Å². The summed E-state index contributed by atoms with van der Waals surface area (Å²) in [6.07, 6.45) is 4.36. The van der Waals surface area contributed by atoms with Gasteiger partial charge in [-0.1, -0.05) is 61.0 Å². The number of carbonyl (C=O) groups excluding carboxylic acids is 1. The zero-order valence-electron chi connectivity index (χ0n) is 23.7. The number of esters is 1. The van der Waals surface area contributed by atoms with E-state index >= 15 is 0 Å². The number of likely N-dealkylation sites (tertiary alicyclic amines) is 2. The molecule has 5 rings (SSSR count). The van der Waals surface area contributed by atoms with E-state index in [-0.39, 0.29) is 6.04 Å². The number of piperidine rings is 2. The summed E-state index contributed by atoms with van der Waals surface area (Å²) < 4.78 is 5.61. The van der Waals surface area contributed by atoms with Crippen molar-refractivity contribution in [2.75, 3.05) is 19.6 Å². The summed E-state index contributed by atoms with van der Waals surface area (Å²) in [5, 5.41) is 22.2. The molecule has 6 heteroatoms. The fourth-order valence-electron chi connectivity index (χ4n) is 6.09. The molecule has 2 saturated heterocycles. The Morgan fingerprint density at radius 1 is 0.950 bits per heavy atom. The van der Waals surface area contributed by atoms with Crippen LogP contribution >= 0.6 is 0 Å². The van der Waals surface area contributed by atoms with Gasteiger partial charge in [0.05, 0.1) is 17.3 Å². The van der Waals surface area contributed by atoms with Crippen molar-refractivity contribution in [1.29, 1.82) is 0 Å². The molecule has 0 spiro atoms. The van der Waals surface area contributed by atoms with Crippen LogP contribution in [-0.2, 0) is 12.1 Å². The van der Waals surface area contributed by atoms with Crippen LogP contribution in [0.3, 0.4) is 0 Å². The Morgan fingerprint density at radius 3 is 2.27 bits per heavy atom. The molecule has 2 fully saturated rings. The quantitative estimate of drug-likeness (QED) is 0.282. The molecule has 1 unspecified atom stereocenters. The average molecular weight is 543 g/mol. The zero-order chi connectivity index (χ0) is 28.1. The molecule has 3 aromatic rings. The SMILES string of the molecule is CC1CCCCN1Cc1ccc(C(=O)Oc2ccc([C@@H](O)[C@H](C)N3CCC(O)(c4ccccc4)CC3)cc2)cc1. The van der Waals surface area contributed by atoms with Crippen LogP contribution in [0.15, 0.2) is 78.9 Å². The molecule has 40 heavy (non-hydrogen) atoms. The number of rotatable bonds is 8. The molecule has 0 amide bonds.